The molecule has 1 aromatic rings. The monoisotopic (exact) mass is 251 g/mol. The molecular weight excluding hydrogens is 230 g/mol. The zero-order chi connectivity index (χ0) is 13.7. The molecule has 4 nitrogen and oxygen atoms in total. The number of rotatable bonds is 6. The van der Waals surface area contributed by atoms with Crippen LogP contribution in [0.4, 0.5) is 5.69 Å². The Morgan fingerprint density at radius 2 is 2.17 bits per heavy atom. The molecule has 0 saturated heterocycles. The van der Waals surface area contributed by atoms with Gasteiger partial charge in [0.25, 0.3) is 0 Å². The molecule has 4 heteroatoms. The maximum absolute atomic E-state index is 11.0. The van der Waals surface area contributed by atoms with E-state index in [1.54, 1.807) is 7.11 Å². The van der Waals surface area contributed by atoms with Crippen LogP contribution in [0.3, 0.4) is 0 Å². The van der Waals surface area contributed by atoms with Gasteiger partial charge in [0, 0.05) is 19.3 Å². The van der Waals surface area contributed by atoms with Crippen molar-refractivity contribution in [2.45, 2.75) is 20.3 Å². The van der Waals surface area contributed by atoms with Crippen molar-refractivity contribution in [1.29, 1.82) is 0 Å². The molecule has 0 radical (unpaired) electrons. The molecule has 0 heterocycles. The Bertz CT molecular complexity index is 418. The van der Waals surface area contributed by atoms with Gasteiger partial charge in [-0.1, -0.05) is 6.92 Å². The number of carboxylic acid groups (broad SMARTS) is 1. The molecule has 1 aromatic carbocycles. The van der Waals surface area contributed by atoms with Crippen LogP contribution in [0.2, 0.25) is 0 Å². The van der Waals surface area contributed by atoms with Crippen LogP contribution in [0, 0.1) is 12.8 Å². The third kappa shape index (κ3) is 3.39. The van der Waals surface area contributed by atoms with E-state index in [0.29, 0.717) is 13.0 Å². The zero-order valence-electron chi connectivity index (χ0n) is 11.4. The fourth-order valence-corrected chi connectivity index (χ4v) is 1.92. The first-order valence-corrected chi connectivity index (χ1v) is 6.08. The van der Waals surface area contributed by atoms with Crippen molar-refractivity contribution in [3.05, 3.63) is 23.8 Å². The van der Waals surface area contributed by atoms with Crippen molar-refractivity contribution in [2.75, 3.05) is 25.6 Å². The van der Waals surface area contributed by atoms with Crippen LogP contribution >= 0.6 is 0 Å². The third-order valence-corrected chi connectivity index (χ3v) is 3.16. The van der Waals surface area contributed by atoms with E-state index in [0.717, 1.165) is 17.0 Å². The van der Waals surface area contributed by atoms with Gasteiger partial charge in [0.15, 0.2) is 0 Å². The molecule has 0 spiro atoms. The molecule has 18 heavy (non-hydrogen) atoms. The van der Waals surface area contributed by atoms with E-state index in [-0.39, 0.29) is 5.92 Å². The standard InChI is InChI=1S/C14H21NO3/c1-5-11(14(16)17)9-15(3)12-6-7-13(18-4)10(2)8-12/h6-8,11H,5,9H2,1-4H3,(H,16,17). The molecule has 1 atom stereocenters. The molecule has 0 amide bonds. The zero-order valence-corrected chi connectivity index (χ0v) is 11.4. The topological polar surface area (TPSA) is 49.8 Å². The maximum Gasteiger partial charge on any atom is 0.308 e. The Kier molecular flexibility index (Phi) is 5.01. The second kappa shape index (κ2) is 6.28. The van der Waals surface area contributed by atoms with E-state index in [1.807, 2.05) is 44.0 Å². The van der Waals surface area contributed by atoms with Gasteiger partial charge in [-0.25, -0.2) is 0 Å². The van der Waals surface area contributed by atoms with Gasteiger partial charge in [0.05, 0.1) is 13.0 Å². The number of carboxylic acids is 1. The van der Waals surface area contributed by atoms with Crippen LogP contribution < -0.4 is 9.64 Å². The summed E-state index contributed by atoms with van der Waals surface area (Å²) in [6, 6.07) is 5.86. The minimum absolute atomic E-state index is 0.336. The Morgan fingerprint density at radius 3 is 2.61 bits per heavy atom. The average molecular weight is 251 g/mol. The minimum Gasteiger partial charge on any atom is -0.496 e. The molecule has 0 aliphatic carbocycles. The highest BCUT2D eigenvalue weighted by Crippen LogP contribution is 2.24. The Hall–Kier alpha value is -1.71. The number of methoxy groups -OCH3 is 1. The summed E-state index contributed by atoms with van der Waals surface area (Å²) in [5.74, 6) is -0.232. The predicted octanol–water partition coefficient (Wildman–Crippen LogP) is 2.55. The maximum atomic E-state index is 11.0. The summed E-state index contributed by atoms with van der Waals surface area (Å²) in [6.45, 7) is 4.38. The Morgan fingerprint density at radius 1 is 1.50 bits per heavy atom. The number of hydrogen-bond acceptors (Lipinski definition) is 3. The van der Waals surface area contributed by atoms with E-state index in [9.17, 15) is 4.79 Å². The SMILES string of the molecule is CCC(CN(C)c1ccc(OC)c(C)c1)C(=O)O. The van der Waals surface area contributed by atoms with Crippen LogP contribution in [0.1, 0.15) is 18.9 Å². The lowest BCUT2D eigenvalue weighted by Gasteiger charge is -2.23. The fraction of sp³-hybridized carbons (Fsp3) is 0.500. The summed E-state index contributed by atoms with van der Waals surface area (Å²) in [5.41, 5.74) is 2.05. The molecule has 1 rings (SSSR count). The van der Waals surface area contributed by atoms with E-state index < -0.39 is 5.97 Å². The molecule has 0 fully saturated rings. The number of carbonyl (C=O) groups is 1. The number of aliphatic carboxylic acids is 1. The second-order valence-corrected chi connectivity index (χ2v) is 4.48. The van der Waals surface area contributed by atoms with Crippen molar-refractivity contribution in [1.82, 2.24) is 0 Å². The lowest BCUT2D eigenvalue weighted by atomic mass is 10.1. The summed E-state index contributed by atoms with van der Waals surface area (Å²) in [6.07, 6.45) is 0.634. The van der Waals surface area contributed by atoms with Crippen molar-refractivity contribution in [2.24, 2.45) is 5.92 Å². The summed E-state index contributed by atoms with van der Waals surface area (Å²) < 4.78 is 5.21. The highest BCUT2D eigenvalue weighted by atomic mass is 16.5. The van der Waals surface area contributed by atoms with Crippen molar-refractivity contribution in [3.8, 4) is 5.75 Å². The van der Waals surface area contributed by atoms with Crippen LogP contribution in [-0.2, 0) is 4.79 Å². The van der Waals surface area contributed by atoms with E-state index in [4.69, 9.17) is 9.84 Å². The number of anilines is 1. The Labute approximate surface area is 108 Å². The van der Waals surface area contributed by atoms with Gasteiger partial charge in [0.1, 0.15) is 5.75 Å². The van der Waals surface area contributed by atoms with Crippen molar-refractivity contribution < 1.29 is 14.6 Å². The van der Waals surface area contributed by atoms with Gasteiger partial charge in [0.2, 0.25) is 0 Å². The van der Waals surface area contributed by atoms with Gasteiger partial charge < -0.3 is 14.7 Å². The van der Waals surface area contributed by atoms with Gasteiger partial charge in [-0.05, 0) is 37.1 Å². The van der Waals surface area contributed by atoms with E-state index >= 15 is 0 Å². The van der Waals surface area contributed by atoms with Crippen molar-refractivity contribution in [3.63, 3.8) is 0 Å². The molecule has 0 saturated carbocycles. The highest BCUT2D eigenvalue weighted by molar-refractivity contribution is 5.71. The lowest BCUT2D eigenvalue weighted by molar-refractivity contribution is -0.141. The quantitative estimate of drug-likeness (QED) is 0.844. The number of aryl methyl sites for hydroxylation is 1. The molecule has 0 aromatic heterocycles. The minimum atomic E-state index is -0.741. The van der Waals surface area contributed by atoms with Gasteiger partial charge in [-0.3, -0.25) is 4.79 Å². The molecular formula is C14H21NO3. The lowest BCUT2D eigenvalue weighted by Crippen LogP contribution is -2.29. The first kappa shape index (κ1) is 14.4. The summed E-state index contributed by atoms with van der Waals surface area (Å²) >= 11 is 0. The van der Waals surface area contributed by atoms with Gasteiger partial charge in [-0.2, -0.15) is 0 Å². The van der Waals surface area contributed by atoms with E-state index in [1.165, 1.54) is 0 Å². The normalized spacial score (nSPS) is 12.0. The summed E-state index contributed by atoms with van der Waals surface area (Å²) in [7, 11) is 3.55. The second-order valence-electron chi connectivity index (χ2n) is 4.48. The highest BCUT2D eigenvalue weighted by Gasteiger charge is 2.17. The van der Waals surface area contributed by atoms with Gasteiger partial charge >= 0.3 is 5.97 Å². The average Bonchev–Trinajstić information content (AvgIpc) is 2.35. The number of benzene rings is 1. The van der Waals surface area contributed by atoms with Crippen LogP contribution in [0.25, 0.3) is 0 Å². The summed E-state index contributed by atoms with van der Waals surface area (Å²) in [5, 5.41) is 9.06. The van der Waals surface area contributed by atoms with E-state index in [2.05, 4.69) is 0 Å². The molecule has 100 valence electrons. The summed E-state index contributed by atoms with van der Waals surface area (Å²) in [4.78, 5) is 13.0. The molecule has 1 unspecified atom stereocenters. The first-order valence-electron chi connectivity index (χ1n) is 6.08. The van der Waals surface area contributed by atoms with Crippen molar-refractivity contribution >= 4 is 11.7 Å². The van der Waals surface area contributed by atoms with Crippen LogP contribution in [0.5, 0.6) is 5.75 Å². The molecule has 0 aliphatic heterocycles. The third-order valence-electron chi connectivity index (χ3n) is 3.16. The predicted molar refractivity (Wildman–Crippen MR) is 72.4 cm³/mol. The molecule has 0 bridgehead atoms. The number of nitrogens with zero attached hydrogens (tertiary/aromatic N) is 1. The number of ether oxygens (including phenoxy) is 1. The van der Waals surface area contributed by atoms with Crippen LogP contribution in [-0.4, -0.2) is 31.8 Å². The van der Waals surface area contributed by atoms with Gasteiger partial charge in [-0.15, -0.1) is 0 Å². The Balaban J connectivity index is 2.81. The first-order chi connectivity index (χ1) is 8.49. The largest absolute Gasteiger partial charge is 0.496 e. The smallest absolute Gasteiger partial charge is 0.308 e. The molecule has 1 N–H and O–H groups in total. The number of hydrogen-bond donors (Lipinski definition) is 1. The fourth-order valence-electron chi connectivity index (χ4n) is 1.92. The molecule has 0 aliphatic rings. The van der Waals surface area contributed by atoms with Crippen LogP contribution in [0.15, 0.2) is 18.2 Å².